The van der Waals surface area contributed by atoms with E-state index in [0.29, 0.717) is 6.04 Å². The Hall–Kier alpha value is -1.54. The smallest absolute Gasteiger partial charge is 0.108 e. The summed E-state index contributed by atoms with van der Waals surface area (Å²) in [6.07, 6.45) is 3.74. The molecule has 1 aromatic heterocycles. The molecule has 0 aliphatic rings. The van der Waals surface area contributed by atoms with Gasteiger partial charge in [0, 0.05) is 18.0 Å². The summed E-state index contributed by atoms with van der Waals surface area (Å²) in [7, 11) is 0. The molecule has 1 unspecified atom stereocenters. The summed E-state index contributed by atoms with van der Waals surface area (Å²) in [6.45, 7) is 7.39. The molecule has 1 N–H and O–H groups in total. The van der Waals surface area contributed by atoms with Crippen molar-refractivity contribution in [3.05, 3.63) is 59.0 Å². The molecule has 0 saturated carbocycles. The molecule has 2 rings (SSSR count). The maximum atomic E-state index is 5.56. The van der Waals surface area contributed by atoms with Gasteiger partial charge in [0.2, 0.25) is 0 Å². The average Bonchev–Trinajstić information content (AvgIpc) is 2.86. The lowest BCUT2D eigenvalue weighted by Gasteiger charge is -2.18. The maximum Gasteiger partial charge on any atom is 0.108 e. The normalized spacial score (nSPS) is 12.6. The molecule has 0 bridgehead atoms. The molecular formula is C17H23NO. The summed E-state index contributed by atoms with van der Waals surface area (Å²) >= 11 is 0. The Morgan fingerprint density at radius 1 is 1.21 bits per heavy atom. The van der Waals surface area contributed by atoms with Gasteiger partial charge in [0.1, 0.15) is 5.76 Å². The first-order valence-electron chi connectivity index (χ1n) is 7.09. The van der Waals surface area contributed by atoms with Crippen LogP contribution in [0.3, 0.4) is 0 Å². The first kappa shape index (κ1) is 13.9. The predicted octanol–water partition coefficient (Wildman–Crippen LogP) is 4.04. The Kier molecular flexibility index (Phi) is 4.80. The van der Waals surface area contributed by atoms with Gasteiger partial charge in [-0.25, -0.2) is 0 Å². The van der Waals surface area contributed by atoms with Gasteiger partial charge in [0.05, 0.1) is 6.26 Å². The first-order chi connectivity index (χ1) is 9.24. The Balaban J connectivity index is 2.21. The maximum absolute atomic E-state index is 5.56. The molecule has 0 amide bonds. The fraction of sp³-hybridized carbons (Fsp3) is 0.412. The number of hydrogen-bond acceptors (Lipinski definition) is 2. The number of furan rings is 1. The number of benzene rings is 1. The van der Waals surface area contributed by atoms with Crippen molar-refractivity contribution in [1.82, 2.24) is 5.32 Å². The third kappa shape index (κ3) is 3.48. The highest BCUT2D eigenvalue weighted by Crippen LogP contribution is 2.24. The van der Waals surface area contributed by atoms with Crippen molar-refractivity contribution in [3.63, 3.8) is 0 Å². The lowest BCUT2D eigenvalue weighted by Crippen LogP contribution is -2.23. The molecule has 1 heterocycles. The van der Waals surface area contributed by atoms with Crippen molar-refractivity contribution in [2.45, 2.75) is 39.7 Å². The quantitative estimate of drug-likeness (QED) is 0.844. The molecule has 2 aromatic rings. The topological polar surface area (TPSA) is 25.2 Å². The summed E-state index contributed by atoms with van der Waals surface area (Å²) in [5, 5.41) is 3.57. The number of rotatable bonds is 6. The van der Waals surface area contributed by atoms with E-state index in [1.165, 1.54) is 16.7 Å². The Morgan fingerprint density at radius 3 is 2.74 bits per heavy atom. The van der Waals surface area contributed by atoms with Crippen LogP contribution in [0.1, 0.15) is 42.3 Å². The average molecular weight is 257 g/mol. The second kappa shape index (κ2) is 6.58. The molecule has 0 aliphatic heterocycles. The third-order valence-corrected chi connectivity index (χ3v) is 3.45. The zero-order valence-corrected chi connectivity index (χ0v) is 12.1. The van der Waals surface area contributed by atoms with E-state index < -0.39 is 0 Å². The van der Waals surface area contributed by atoms with E-state index in [-0.39, 0.29) is 0 Å². The number of nitrogens with one attached hydrogen (secondary N) is 1. The Labute approximate surface area is 115 Å². The van der Waals surface area contributed by atoms with E-state index in [9.17, 15) is 0 Å². The standard InChI is InChI=1S/C17H23NO/c1-4-17-15(9-10-19-17)16(18-5-2)12-14-8-6-7-13(3)11-14/h6-11,16,18H,4-5,12H2,1-3H3. The second-order valence-electron chi connectivity index (χ2n) is 4.96. The van der Waals surface area contributed by atoms with Crippen LogP contribution >= 0.6 is 0 Å². The van der Waals surface area contributed by atoms with Crippen LogP contribution in [-0.2, 0) is 12.8 Å². The van der Waals surface area contributed by atoms with Gasteiger partial charge in [-0.05, 0) is 31.5 Å². The Morgan fingerprint density at radius 2 is 2.05 bits per heavy atom. The van der Waals surface area contributed by atoms with Gasteiger partial charge in [0.15, 0.2) is 0 Å². The van der Waals surface area contributed by atoms with Gasteiger partial charge < -0.3 is 9.73 Å². The van der Waals surface area contributed by atoms with Gasteiger partial charge >= 0.3 is 0 Å². The van der Waals surface area contributed by atoms with Crippen LogP contribution < -0.4 is 5.32 Å². The second-order valence-corrected chi connectivity index (χ2v) is 4.96. The van der Waals surface area contributed by atoms with Crippen LogP contribution in [0.5, 0.6) is 0 Å². The fourth-order valence-corrected chi connectivity index (χ4v) is 2.56. The minimum absolute atomic E-state index is 0.334. The van der Waals surface area contributed by atoms with Gasteiger partial charge in [-0.1, -0.05) is 43.7 Å². The summed E-state index contributed by atoms with van der Waals surface area (Å²) in [5.74, 6) is 1.10. The van der Waals surface area contributed by atoms with Crippen LogP contribution in [0, 0.1) is 6.92 Å². The molecule has 2 heteroatoms. The number of likely N-dealkylation sites (N-methyl/N-ethyl adjacent to an activating group) is 1. The zero-order valence-electron chi connectivity index (χ0n) is 12.1. The van der Waals surface area contributed by atoms with Crippen molar-refractivity contribution < 1.29 is 4.42 Å². The lowest BCUT2D eigenvalue weighted by atomic mass is 9.97. The van der Waals surface area contributed by atoms with E-state index in [1.54, 1.807) is 6.26 Å². The molecule has 0 radical (unpaired) electrons. The predicted molar refractivity (Wildman–Crippen MR) is 79.4 cm³/mol. The molecule has 2 nitrogen and oxygen atoms in total. The third-order valence-electron chi connectivity index (χ3n) is 3.45. The van der Waals surface area contributed by atoms with Gasteiger partial charge in [0.25, 0.3) is 0 Å². The van der Waals surface area contributed by atoms with Crippen LogP contribution in [0.25, 0.3) is 0 Å². The molecule has 1 aromatic carbocycles. The summed E-state index contributed by atoms with van der Waals surface area (Å²) < 4.78 is 5.56. The van der Waals surface area contributed by atoms with Crippen molar-refractivity contribution in [2.24, 2.45) is 0 Å². The van der Waals surface area contributed by atoms with Crippen LogP contribution in [0.4, 0.5) is 0 Å². The summed E-state index contributed by atoms with van der Waals surface area (Å²) in [5.41, 5.74) is 3.98. The van der Waals surface area contributed by atoms with Crippen molar-refractivity contribution in [1.29, 1.82) is 0 Å². The first-order valence-corrected chi connectivity index (χ1v) is 7.09. The minimum Gasteiger partial charge on any atom is -0.469 e. The zero-order chi connectivity index (χ0) is 13.7. The highest BCUT2D eigenvalue weighted by molar-refractivity contribution is 5.27. The largest absolute Gasteiger partial charge is 0.469 e. The van der Waals surface area contributed by atoms with Crippen LogP contribution in [0.15, 0.2) is 41.0 Å². The molecular weight excluding hydrogens is 234 g/mol. The highest BCUT2D eigenvalue weighted by Gasteiger charge is 2.16. The fourth-order valence-electron chi connectivity index (χ4n) is 2.56. The molecule has 0 fully saturated rings. The van der Waals surface area contributed by atoms with E-state index in [4.69, 9.17) is 4.42 Å². The monoisotopic (exact) mass is 257 g/mol. The van der Waals surface area contributed by atoms with Crippen molar-refractivity contribution in [2.75, 3.05) is 6.54 Å². The van der Waals surface area contributed by atoms with E-state index in [1.807, 2.05) is 0 Å². The Bertz CT molecular complexity index is 515. The van der Waals surface area contributed by atoms with Crippen molar-refractivity contribution in [3.8, 4) is 0 Å². The van der Waals surface area contributed by atoms with Gasteiger partial charge in [-0.15, -0.1) is 0 Å². The number of aryl methyl sites for hydroxylation is 2. The summed E-state index contributed by atoms with van der Waals surface area (Å²) in [6, 6.07) is 11.2. The van der Waals surface area contributed by atoms with Crippen molar-refractivity contribution >= 4 is 0 Å². The molecule has 19 heavy (non-hydrogen) atoms. The summed E-state index contributed by atoms with van der Waals surface area (Å²) in [4.78, 5) is 0. The molecule has 0 spiro atoms. The van der Waals surface area contributed by atoms with Gasteiger partial charge in [-0.2, -0.15) is 0 Å². The van der Waals surface area contributed by atoms with E-state index >= 15 is 0 Å². The number of hydrogen-bond donors (Lipinski definition) is 1. The lowest BCUT2D eigenvalue weighted by molar-refractivity contribution is 0.487. The molecule has 102 valence electrons. The van der Waals surface area contributed by atoms with Gasteiger partial charge in [-0.3, -0.25) is 0 Å². The van der Waals surface area contributed by atoms with E-state index in [0.717, 1.165) is 25.1 Å². The van der Waals surface area contributed by atoms with Crippen LogP contribution in [-0.4, -0.2) is 6.54 Å². The molecule has 1 atom stereocenters. The minimum atomic E-state index is 0.334. The highest BCUT2D eigenvalue weighted by atomic mass is 16.3. The van der Waals surface area contributed by atoms with E-state index in [2.05, 4.69) is 56.4 Å². The molecule has 0 saturated heterocycles. The molecule has 0 aliphatic carbocycles. The van der Waals surface area contributed by atoms with Crippen LogP contribution in [0.2, 0.25) is 0 Å². The SMILES string of the molecule is CCNC(Cc1cccc(C)c1)c1ccoc1CC.